The van der Waals surface area contributed by atoms with E-state index >= 15 is 0 Å². The molecule has 1 aliphatic heterocycles. The van der Waals surface area contributed by atoms with E-state index in [2.05, 4.69) is 32.7 Å². The fraction of sp³-hybridized carbons (Fsp3) is 0.615. The molecule has 1 fully saturated rings. The summed E-state index contributed by atoms with van der Waals surface area (Å²) < 4.78 is 0.906. The molecule has 2 heterocycles. The van der Waals surface area contributed by atoms with Gasteiger partial charge in [0.25, 0.3) is 0 Å². The quantitative estimate of drug-likeness (QED) is 0.922. The van der Waals surface area contributed by atoms with Crippen LogP contribution in [0, 0.1) is 5.92 Å². The lowest BCUT2D eigenvalue weighted by Gasteiger charge is -2.40. The summed E-state index contributed by atoms with van der Waals surface area (Å²) in [5.74, 6) is 1.65. The molecule has 5 heteroatoms. The van der Waals surface area contributed by atoms with Crippen LogP contribution < -0.4 is 10.6 Å². The smallest absolute Gasteiger partial charge is 0.147 e. The highest BCUT2D eigenvalue weighted by Gasteiger charge is 2.28. The number of hydrogen-bond acceptors (Lipinski definition) is 3. The van der Waals surface area contributed by atoms with Crippen molar-refractivity contribution in [2.75, 3.05) is 18.0 Å². The highest BCUT2D eigenvalue weighted by molar-refractivity contribution is 9.10. The lowest BCUT2D eigenvalue weighted by atomic mass is 9.89. The highest BCUT2D eigenvalue weighted by atomic mass is 79.9. The molecule has 1 aliphatic rings. The van der Waals surface area contributed by atoms with Crippen LogP contribution in [-0.4, -0.2) is 24.1 Å². The first kappa shape index (κ1) is 14.1. The van der Waals surface area contributed by atoms with Crippen LogP contribution in [0.3, 0.4) is 0 Å². The molecule has 100 valence electrons. The lowest BCUT2D eigenvalue weighted by Crippen LogP contribution is -2.47. The van der Waals surface area contributed by atoms with Gasteiger partial charge in [-0.25, -0.2) is 4.98 Å². The van der Waals surface area contributed by atoms with Crippen LogP contribution in [0.5, 0.6) is 0 Å². The lowest BCUT2D eigenvalue weighted by molar-refractivity contribution is 0.334. The van der Waals surface area contributed by atoms with E-state index in [1.165, 1.54) is 12.8 Å². The maximum absolute atomic E-state index is 6.28. The number of nitrogens with zero attached hydrogens (tertiary/aromatic N) is 2. The van der Waals surface area contributed by atoms with Crippen molar-refractivity contribution in [3.05, 3.63) is 21.8 Å². The Hall–Kier alpha value is -0.320. The summed E-state index contributed by atoms with van der Waals surface area (Å²) in [5, 5.41) is 0.692. The van der Waals surface area contributed by atoms with Crippen LogP contribution in [0.1, 0.15) is 26.2 Å². The molecule has 1 saturated heterocycles. The van der Waals surface area contributed by atoms with Gasteiger partial charge in [-0.15, -0.1) is 0 Å². The van der Waals surface area contributed by atoms with Crippen molar-refractivity contribution < 1.29 is 0 Å². The zero-order valence-corrected chi connectivity index (χ0v) is 12.9. The zero-order chi connectivity index (χ0) is 13.1. The molecular weight excluding hydrogens is 314 g/mol. The minimum Gasteiger partial charge on any atom is -0.351 e. The third kappa shape index (κ3) is 2.98. The summed E-state index contributed by atoms with van der Waals surface area (Å²) in [6.45, 7) is 3.90. The van der Waals surface area contributed by atoms with E-state index in [1.807, 2.05) is 6.07 Å². The van der Waals surface area contributed by atoms with Gasteiger partial charge in [0.15, 0.2) is 0 Å². The van der Waals surface area contributed by atoms with Crippen LogP contribution >= 0.6 is 27.5 Å². The molecular formula is C13H19BrClN3. The Morgan fingerprint density at radius 2 is 2.39 bits per heavy atom. The van der Waals surface area contributed by atoms with Gasteiger partial charge < -0.3 is 10.6 Å². The van der Waals surface area contributed by atoms with E-state index in [9.17, 15) is 0 Å². The van der Waals surface area contributed by atoms with Gasteiger partial charge in [0, 0.05) is 29.8 Å². The van der Waals surface area contributed by atoms with E-state index in [0.29, 0.717) is 17.6 Å². The summed E-state index contributed by atoms with van der Waals surface area (Å²) >= 11 is 9.66. The van der Waals surface area contributed by atoms with Crippen LogP contribution in [-0.2, 0) is 0 Å². The van der Waals surface area contributed by atoms with Gasteiger partial charge in [-0.2, -0.15) is 0 Å². The first-order chi connectivity index (χ1) is 8.65. The molecule has 2 N–H and O–H groups in total. The molecule has 0 radical (unpaired) electrons. The van der Waals surface area contributed by atoms with Crippen molar-refractivity contribution in [2.45, 2.75) is 32.2 Å². The van der Waals surface area contributed by atoms with Crippen LogP contribution in [0.15, 0.2) is 16.7 Å². The number of hydrogen-bond donors (Lipinski definition) is 1. The predicted octanol–water partition coefficient (Wildman–Crippen LogP) is 3.45. The summed E-state index contributed by atoms with van der Waals surface area (Å²) in [7, 11) is 0. The van der Waals surface area contributed by atoms with E-state index in [0.717, 1.165) is 29.2 Å². The molecule has 0 aliphatic carbocycles. The molecule has 2 rings (SSSR count). The van der Waals surface area contributed by atoms with E-state index in [4.69, 9.17) is 17.3 Å². The molecule has 0 spiro atoms. The Kier molecular flexibility index (Phi) is 4.87. The minimum absolute atomic E-state index is 0.356. The standard InChI is InChI=1S/C13H19BrClN3/c1-2-9-3-4-18(11(5-9)7-16)13-12(15)6-10(14)8-17-13/h6,8-9,11H,2-5,7,16H2,1H3. The third-order valence-corrected chi connectivity index (χ3v) is 4.45. The Labute approximate surface area is 122 Å². The highest BCUT2D eigenvalue weighted by Crippen LogP contribution is 2.33. The van der Waals surface area contributed by atoms with Crippen molar-refractivity contribution in [1.82, 2.24) is 4.98 Å². The Morgan fingerprint density at radius 1 is 1.61 bits per heavy atom. The maximum atomic E-state index is 6.28. The first-order valence-electron chi connectivity index (χ1n) is 6.43. The van der Waals surface area contributed by atoms with Gasteiger partial charge in [-0.3, -0.25) is 0 Å². The van der Waals surface area contributed by atoms with Crippen molar-refractivity contribution >= 4 is 33.3 Å². The fourth-order valence-electron chi connectivity index (χ4n) is 2.63. The van der Waals surface area contributed by atoms with Gasteiger partial charge in [0.2, 0.25) is 0 Å². The molecule has 2 atom stereocenters. The Morgan fingerprint density at radius 3 is 3.00 bits per heavy atom. The molecule has 0 saturated carbocycles. The molecule has 1 aromatic heterocycles. The van der Waals surface area contributed by atoms with E-state index in [-0.39, 0.29) is 0 Å². The van der Waals surface area contributed by atoms with Crippen LogP contribution in [0.25, 0.3) is 0 Å². The molecule has 0 bridgehead atoms. The van der Waals surface area contributed by atoms with Crippen LogP contribution in [0.4, 0.5) is 5.82 Å². The third-order valence-electron chi connectivity index (χ3n) is 3.73. The SMILES string of the molecule is CCC1CCN(c2ncc(Br)cc2Cl)C(CN)C1. The molecule has 2 unspecified atom stereocenters. The second-order valence-electron chi connectivity index (χ2n) is 4.84. The van der Waals surface area contributed by atoms with Gasteiger partial charge in [0.05, 0.1) is 5.02 Å². The van der Waals surface area contributed by atoms with Gasteiger partial charge >= 0.3 is 0 Å². The van der Waals surface area contributed by atoms with Crippen molar-refractivity contribution in [2.24, 2.45) is 11.7 Å². The fourth-order valence-corrected chi connectivity index (χ4v) is 3.36. The van der Waals surface area contributed by atoms with Gasteiger partial charge in [-0.05, 0) is 40.8 Å². The Balaban J connectivity index is 2.21. The van der Waals surface area contributed by atoms with Crippen molar-refractivity contribution in [3.63, 3.8) is 0 Å². The summed E-state index contributed by atoms with van der Waals surface area (Å²) in [4.78, 5) is 6.71. The van der Waals surface area contributed by atoms with E-state index in [1.54, 1.807) is 6.20 Å². The average molecular weight is 333 g/mol. The Bertz CT molecular complexity index is 413. The van der Waals surface area contributed by atoms with Gasteiger partial charge in [-0.1, -0.05) is 24.9 Å². The molecule has 18 heavy (non-hydrogen) atoms. The van der Waals surface area contributed by atoms with Crippen molar-refractivity contribution in [3.8, 4) is 0 Å². The second kappa shape index (κ2) is 6.22. The number of piperidine rings is 1. The van der Waals surface area contributed by atoms with E-state index < -0.39 is 0 Å². The largest absolute Gasteiger partial charge is 0.351 e. The monoisotopic (exact) mass is 331 g/mol. The molecule has 0 aromatic carbocycles. The van der Waals surface area contributed by atoms with Gasteiger partial charge in [0.1, 0.15) is 5.82 Å². The number of halogens is 2. The zero-order valence-electron chi connectivity index (χ0n) is 10.6. The molecule has 3 nitrogen and oxygen atoms in total. The summed E-state index contributed by atoms with van der Waals surface area (Å²) in [5.41, 5.74) is 5.91. The van der Waals surface area contributed by atoms with Crippen molar-refractivity contribution in [1.29, 1.82) is 0 Å². The molecule has 1 aromatic rings. The summed E-state index contributed by atoms with van der Waals surface area (Å²) in [6.07, 6.45) is 5.36. The number of anilines is 1. The normalized spacial score (nSPS) is 24.3. The maximum Gasteiger partial charge on any atom is 0.147 e. The first-order valence-corrected chi connectivity index (χ1v) is 7.60. The number of aromatic nitrogens is 1. The van der Waals surface area contributed by atoms with Crippen LogP contribution in [0.2, 0.25) is 5.02 Å². The number of rotatable bonds is 3. The number of nitrogens with two attached hydrogens (primary N) is 1. The molecule has 0 amide bonds. The average Bonchev–Trinajstić information content (AvgIpc) is 2.38. The summed E-state index contributed by atoms with van der Waals surface area (Å²) in [6, 6.07) is 2.25. The predicted molar refractivity (Wildman–Crippen MR) is 80.2 cm³/mol. The second-order valence-corrected chi connectivity index (χ2v) is 6.16. The number of pyridine rings is 1. The minimum atomic E-state index is 0.356. The topological polar surface area (TPSA) is 42.2 Å².